The second-order valence-corrected chi connectivity index (χ2v) is 4.16. The normalized spacial score (nSPS) is 16.2. The molecule has 1 aliphatic carbocycles. The minimum absolute atomic E-state index is 0.0862. The summed E-state index contributed by atoms with van der Waals surface area (Å²) in [6, 6.07) is 1.38. The number of hydrogen-bond acceptors (Lipinski definition) is 4. The minimum atomic E-state index is -0.892. The van der Waals surface area contributed by atoms with Gasteiger partial charge in [-0.15, -0.1) is 0 Å². The zero-order valence-corrected chi connectivity index (χ0v) is 9.01. The molecule has 2 rings (SSSR count). The van der Waals surface area contributed by atoms with Gasteiger partial charge in [-0.1, -0.05) is 0 Å². The molecule has 0 aliphatic heterocycles. The van der Waals surface area contributed by atoms with Gasteiger partial charge in [-0.25, -0.2) is 0 Å². The zero-order valence-electron chi connectivity index (χ0n) is 9.01. The lowest BCUT2D eigenvalue weighted by molar-refractivity contribution is -0.143. The molecule has 90 valence electrons. The van der Waals surface area contributed by atoms with Crippen LogP contribution in [-0.2, 0) is 4.79 Å². The number of amides is 1. The number of nitrogens with zero attached hydrogens (tertiary/aromatic N) is 1. The first-order chi connectivity index (χ1) is 8.05. The molecule has 0 atom stereocenters. The number of aromatic nitrogens is 1. The molecule has 1 aromatic rings. The summed E-state index contributed by atoms with van der Waals surface area (Å²) in [6.45, 7) is 0.0862. The largest absolute Gasteiger partial charge is 0.505 e. The molecular formula is C11H12N2O4. The number of carbonyl (C=O) groups is 2. The van der Waals surface area contributed by atoms with Crippen molar-refractivity contribution in [1.82, 2.24) is 10.3 Å². The van der Waals surface area contributed by atoms with E-state index in [9.17, 15) is 14.7 Å². The highest BCUT2D eigenvalue weighted by Crippen LogP contribution is 2.45. The maximum absolute atomic E-state index is 11.7. The van der Waals surface area contributed by atoms with Crippen LogP contribution in [0.25, 0.3) is 0 Å². The Bertz CT molecular complexity index is 468. The minimum Gasteiger partial charge on any atom is -0.505 e. The van der Waals surface area contributed by atoms with Crippen molar-refractivity contribution in [3.05, 3.63) is 24.0 Å². The zero-order chi connectivity index (χ0) is 12.5. The summed E-state index contributed by atoms with van der Waals surface area (Å²) < 4.78 is 0. The number of carboxylic acids is 1. The summed E-state index contributed by atoms with van der Waals surface area (Å²) in [7, 11) is 0. The summed E-state index contributed by atoms with van der Waals surface area (Å²) in [5, 5.41) is 20.8. The van der Waals surface area contributed by atoms with Crippen LogP contribution in [0, 0.1) is 5.41 Å². The maximum Gasteiger partial charge on any atom is 0.311 e. The van der Waals surface area contributed by atoms with Crippen molar-refractivity contribution in [2.45, 2.75) is 12.8 Å². The van der Waals surface area contributed by atoms with Crippen molar-refractivity contribution >= 4 is 11.9 Å². The lowest BCUT2D eigenvalue weighted by atomic mass is 10.1. The predicted octanol–water partition coefficient (Wildman–Crippen LogP) is 0.382. The molecule has 6 heteroatoms. The van der Waals surface area contributed by atoms with E-state index in [0.29, 0.717) is 12.8 Å². The molecule has 0 unspecified atom stereocenters. The van der Waals surface area contributed by atoms with Crippen molar-refractivity contribution in [3.63, 3.8) is 0 Å². The Morgan fingerprint density at radius 2 is 2.18 bits per heavy atom. The van der Waals surface area contributed by atoms with E-state index in [2.05, 4.69) is 10.3 Å². The molecule has 1 fully saturated rings. The third kappa shape index (κ3) is 2.20. The van der Waals surface area contributed by atoms with Gasteiger partial charge in [0.15, 0.2) is 0 Å². The van der Waals surface area contributed by atoms with Crippen molar-refractivity contribution in [3.8, 4) is 5.75 Å². The van der Waals surface area contributed by atoms with Crippen LogP contribution in [0.2, 0.25) is 0 Å². The molecule has 0 aromatic carbocycles. The average molecular weight is 236 g/mol. The molecule has 1 amide bonds. The predicted molar refractivity (Wildman–Crippen MR) is 57.5 cm³/mol. The highest BCUT2D eigenvalue weighted by molar-refractivity contribution is 5.97. The number of nitrogens with one attached hydrogen (secondary N) is 1. The van der Waals surface area contributed by atoms with Crippen molar-refractivity contribution < 1.29 is 19.8 Å². The van der Waals surface area contributed by atoms with Gasteiger partial charge in [0.1, 0.15) is 5.75 Å². The summed E-state index contributed by atoms with van der Waals surface area (Å²) >= 11 is 0. The molecule has 17 heavy (non-hydrogen) atoms. The van der Waals surface area contributed by atoms with Gasteiger partial charge in [0.2, 0.25) is 0 Å². The molecule has 0 spiro atoms. The molecule has 0 radical (unpaired) electrons. The average Bonchev–Trinajstić information content (AvgIpc) is 3.07. The van der Waals surface area contributed by atoms with Gasteiger partial charge in [-0.05, 0) is 18.9 Å². The van der Waals surface area contributed by atoms with Gasteiger partial charge in [0.05, 0.1) is 17.2 Å². The van der Waals surface area contributed by atoms with E-state index in [1.807, 2.05) is 0 Å². The second kappa shape index (κ2) is 4.04. The molecule has 1 saturated carbocycles. The fourth-order valence-electron chi connectivity index (χ4n) is 1.54. The van der Waals surface area contributed by atoms with Gasteiger partial charge in [-0.2, -0.15) is 0 Å². The third-order valence-electron chi connectivity index (χ3n) is 2.94. The number of pyridine rings is 1. The van der Waals surface area contributed by atoms with Crippen LogP contribution in [0.5, 0.6) is 5.75 Å². The molecule has 1 heterocycles. The van der Waals surface area contributed by atoms with Crippen LogP contribution in [0.15, 0.2) is 18.5 Å². The van der Waals surface area contributed by atoms with Crippen LogP contribution < -0.4 is 5.32 Å². The number of aromatic hydroxyl groups is 1. The summed E-state index contributed by atoms with van der Waals surface area (Å²) in [5.41, 5.74) is -0.709. The van der Waals surface area contributed by atoms with Gasteiger partial charge >= 0.3 is 5.97 Å². The number of carboxylic acid groups (broad SMARTS) is 1. The Labute approximate surface area is 97.3 Å². The van der Waals surface area contributed by atoms with Crippen molar-refractivity contribution in [1.29, 1.82) is 0 Å². The molecule has 0 bridgehead atoms. The first-order valence-electron chi connectivity index (χ1n) is 5.20. The Morgan fingerprint density at radius 1 is 1.47 bits per heavy atom. The standard InChI is InChI=1S/C11H12N2O4/c14-8-5-12-4-1-7(8)9(15)13-6-11(2-3-11)10(16)17/h1,4-5,14H,2-3,6H2,(H,13,15)(H,16,17). The maximum atomic E-state index is 11.7. The van der Waals surface area contributed by atoms with Crippen LogP contribution in [0.1, 0.15) is 23.2 Å². The van der Waals surface area contributed by atoms with Crippen LogP contribution in [0.3, 0.4) is 0 Å². The SMILES string of the molecule is O=C(NCC1(C(=O)O)CC1)c1ccncc1O. The number of carbonyl (C=O) groups excluding carboxylic acids is 1. The lowest BCUT2D eigenvalue weighted by Crippen LogP contribution is -2.34. The van der Waals surface area contributed by atoms with Gasteiger partial charge in [0.25, 0.3) is 5.91 Å². The fourth-order valence-corrected chi connectivity index (χ4v) is 1.54. The molecule has 6 nitrogen and oxygen atoms in total. The first-order valence-corrected chi connectivity index (χ1v) is 5.20. The Kier molecular flexibility index (Phi) is 2.71. The van der Waals surface area contributed by atoms with Gasteiger partial charge in [-0.3, -0.25) is 14.6 Å². The van der Waals surface area contributed by atoms with E-state index in [4.69, 9.17) is 5.11 Å². The smallest absolute Gasteiger partial charge is 0.311 e. The quantitative estimate of drug-likeness (QED) is 0.701. The van der Waals surface area contributed by atoms with E-state index in [1.54, 1.807) is 0 Å². The van der Waals surface area contributed by atoms with E-state index in [0.717, 1.165) is 0 Å². The van der Waals surface area contributed by atoms with E-state index in [-0.39, 0.29) is 17.9 Å². The lowest BCUT2D eigenvalue weighted by Gasteiger charge is -2.11. The van der Waals surface area contributed by atoms with E-state index < -0.39 is 17.3 Å². The Balaban J connectivity index is 1.99. The van der Waals surface area contributed by atoms with Gasteiger partial charge < -0.3 is 15.5 Å². The van der Waals surface area contributed by atoms with E-state index >= 15 is 0 Å². The first kappa shape index (κ1) is 11.4. The molecule has 0 saturated heterocycles. The van der Waals surface area contributed by atoms with Crippen LogP contribution >= 0.6 is 0 Å². The van der Waals surface area contributed by atoms with Crippen molar-refractivity contribution in [2.75, 3.05) is 6.54 Å². The molecule has 1 aliphatic rings. The van der Waals surface area contributed by atoms with Gasteiger partial charge in [0, 0.05) is 12.7 Å². The van der Waals surface area contributed by atoms with Crippen LogP contribution in [0.4, 0.5) is 0 Å². The van der Waals surface area contributed by atoms with Crippen molar-refractivity contribution in [2.24, 2.45) is 5.41 Å². The topological polar surface area (TPSA) is 99.5 Å². The fraction of sp³-hybridized carbons (Fsp3) is 0.364. The number of aliphatic carboxylic acids is 1. The number of rotatable bonds is 4. The highest BCUT2D eigenvalue weighted by atomic mass is 16.4. The highest BCUT2D eigenvalue weighted by Gasteiger charge is 2.50. The monoisotopic (exact) mass is 236 g/mol. The molecule has 3 N–H and O–H groups in total. The summed E-state index contributed by atoms with van der Waals surface area (Å²) in [4.78, 5) is 26.2. The second-order valence-electron chi connectivity index (χ2n) is 4.16. The third-order valence-corrected chi connectivity index (χ3v) is 2.94. The summed E-state index contributed by atoms with van der Waals surface area (Å²) in [5.74, 6) is -1.60. The van der Waals surface area contributed by atoms with Crippen LogP contribution in [-0.4, -0.2) is 33.6 Å². The molecular weight excluding hydrogens is 224 g/mol. The van der Waals surface area contributed by atoms with E-state index in [1.165, 1.54) is 18.5 Å². The Morgan fingerprint density at radius 3 is 2.71 bits per heavy atom. The Hall–Kier alpha value is -2.11. The molecule has 1 aromatic heterocycles. The summed E-state index contributed by atoms with van der Waals surface area (Å²) in [6.07, 6.45) is 3.70. The number of hydrogen-bond donors (Lipinski definition) is 3.